The van der Waals surface area contributed by atoms with E-state index in [-0.39, 0.29) is 6.61 Å². The molecule has 17 heavy (non-hydrogen) atoms. The van der Waals surface area contributed by atoms with Gasteiger partial charge in [-0.3, -0.25) is 0 Å². The van der Waals surface area contributed by atoms with E-state index in [4.69, 9.17) is 10.4 Å². The molecule has 1 aromatic rings. The van der Waals surface area contributed by atoms with E-state index < -0.39 is 0 Å². The molecule has 0 spiro atoms. The van der Waals surface area contributed by atoms with Gasteiger partial charge in [-0.25, -0.2) is 4.98 Å². The Kier molecular flexibility index (Phi) is 3.94. The molecule has 0 amide bonds. The normalized spacial score (nSPS) is 20.0. The first-order valence-electron chi connectivity index (χ1n) is 6.09. The minimum absolute atomic E-state index is 0.207. The Morgan fingerprint density at radius 1 is 1.53 bits per heavy atom. The molecule has 4 heteroatoms. The molecule has 1 unspecified atom stereocenters. The van der Waals surface area contributed by atoms with Gasteiger partial charge in [0.25, 0.3) is 0 Å². The van der Waals surface area contributed by atoms with Crippen molar-refractivity contribution in [2.45, 2.75) is 31.7 Å². The summed E-state index contributed by atoms with van der Waals surface area (Å²) < 4.78 is 0. The predicted molar refractivity (Wildman–Crippen MR) is 65.6 cm³/mol. The van der Waals surface area contributed by atoms with Crippen LogP contribution in [0.25, 0.3) is 0 Å². The molecule has 4 nitrogen and oxygen atoms in total. The van der Waals surface area contributed by atoms with Gasteiger partial charge >= 0.3 is 0 Å². The molecular weight excluding hydrogens is 214 g/mol. The van der Waals surface area contributed by atoms with Crippen molar-refractivity contribution in [3.8, 4) is 6.07 Å². The number of hydrogen-bond acceptors (Lipinski definition) is 4. The second-order valence-corrected chi connectivity index (χ2v) is 4.37. The fraction of sp³-hybridized carbons (Fsp3) is 0.538. The van der Waals surface area contributed by atoms with Gasteiger partial charge in [0, 0.05) is 25.4 Å². The van der Waals surface area contributed by atoms with Crippen molar-refractivity contribution in [1.82, 2.24) is 4.98 Å². The minimum atomic E-state index is 0.207. The van der Waals surface area contributed by atoms with Crippen LogP contribution in [0.5, 0.6) is 0 Å². The lowest BCUT2D eigenvalue weighted by atomic mass is 9.99. The summed E-state index contributed by atoms with van der Waals surface area (Å²) in [7, 11) is 0. The van der Waals surface area contributed by atoms with Crippen molar-refractivity contribution in [2.75, 3.05) is 18.1 Å². The largest absolute Gasteiger partial charge is 0.396 e. The first kappa shape index (κ1) is 11.9. The number of hydrogen-bond donors (Lipinski definition) is 1. The molecule has 1 aromatic heterocycles. The van der Waals surface area contributed by atoms with Crippen molar-refractivity contribution in [1.29, 1.82) is 5.26 Å². The number of rotatable bonds is 3. The van der Waals surface area contributed by atoms with E-state index in [1.807, 2.05) is 6.07 Å². The van der Waals surface area contributed by atoms with Crippen LogP contribution in [-0.4, -0.2) is 29.3 Å². The molecule has 1 aliphatic rings. The van der Waals surface area contributed by atoms with Gasteiger partial charge in [-0.05, 0) is 37.8 Å². The molecule has 1 fully saturated rings. The Morgan fingerprint density at radius 3 is 3.18 bits per heavy atom. The smallest absolute Gasteiger partial charge is 0.130 e. The summed E-state index contributed by atoms with van der Waals surface area (Å²) in [6.07, 6.45) is 5.91. The summed E-state index contributed by atoms with van der Waals surface area (Å²) >= 11 is 0. The van der Waals surface area contributed by atoms with Gasteiger partial charge < -0.3 is 10.0 Å². The van der Waals surface area contributed by atoms with E-state index in [0.717, 1.165) is 31.6 Å². The Bertz CT molecular complexity index is 411. The third-order valence-corrected chi connectivity index (χ3v) is 3.26. The molecular formula is C13H17N3O. The van der Waals surface area contributed by atoms with E-state index in [0.29, 0.717) is 11.6 Å². The van der Waals surface area contributed by atoms with Gasteiger partial charge in [0.1, 0.15) is 5.82 Å². The molecule has 1 saturated heterocycles. The molecule has 0 radical (unpaired) electrons. The minimum Gasteiger partial charge on any atom is -0.396 e. The highest BCUT2D eigenvalue weighted by Gasteiger charge is 2.23. The predicted octanol–water partition coefficient (Wildman–Crippen LogP) is 1.69. The van der Waals surface area contributed by atoms with Crippen LogP contribution in [0.4, 0.5) is 5.82 Å². The monoisotopic (exact) mass is 231 g/mol. The number of nitriles is 1. The zero-order chi connectivity index (χ0) is 12.1. The maximum absolute atomic E-state index is 9.08. The van der Waals surface area contributed by atoms with Crippen LogP contribution in [0.1, 0.15) is 31.2 Å². The Morgan fingerprint density at radius 2 is 2.41 bits per heavy atom. The van der Waals surface area contributed by atoms with Crippen LogP contribution in [0.15, 0.2) is 18.3 Å². The first-order valence-corrected chi connectivity index (χ1v) is 6.09. The molecule has 1 aliphatic heterocycles. The quantitative estimate of drug-likeness (QED) is 0.860. The number of anilines is 1. The molecule has 0 aromatic carbocycles. The van der Waals surface area contributed by atoms with Crippen molar-refractivity contribution in [3.63, 3.8) is 0 Å². The Labute approximate surface area is 102 Å². The van der Waals surface area contributed by atoms with Gasteiger partial charge in [0.15, 0.2) is 0 Å². The van der Waals surface area contributed by atoms with Crippen LogP contribution in [0.2, 0.25) is 0 Å². The molecule has 0 aliphatic carbocycles. The van der Waals surface area contributed by atoms with E-state index in [1.54, 1.807) is 12.3 Å². The molecule has 1 atom stereocenters. The number of aromatic nitrogens is 1. The van der Waals surface area contributed by atoms with E-state index in [2.05, 4.69) is 16.0 Å². The molecule has 1 N–H and O–H groups in total. The maximum atomic E-state index is 9.08. The highest BCUT2D eigenvalue weighted by molar-refractivity contribution is 5.46. The van der Waals surface area contributed by atoms with E-state index in [1.165, 1.54) is 6.42 Å². The Hall–Kier alpha value is -1.60. The average molecular weight is 231 g/mol. The summed E-state index contributed by atoms with van der Waals surface area (Å²) in [4.78, 5) is 6.56. The lowest BCUT2D eigenvalue weighted by Gasteiger charge is -2.36. The first-order chi connectivity index (χ1) is 8.35. The highest BCUT2D eigenvalue weighted by Crippen LogP contribution is 2.25. The van der Waals surface area contributed by atoms with Crippen molar-refractivity contribution in [2.24, 2.45) is 0 Å². The van der Waals surface area contributed by atoms with Gasteiger partial charge in [-0.15, -0.1) is 0 Å². The van der Waals surface area contributed by atoms with Crippen LogP contribution < -0.4 is 4.90 Å². The third kappa shape index (κ3) is 2.75. The standard InChI is InChI=1S/C13H17N3O/c14-10-11-4-6-15-13(9-11)16-7-2-1-3-12(16)5-8-17/h4,6,9,12,17H,1-3,5,7-8H2. The van der Waals surface area contributed by atoms with Gasteiger partial charge in [0.2, 0.25) is 0 Å². The number of aliphatic hydroxyl groups excluding tert-OH is 1. The number of piperidine rings is 1. The summed E-state index contributed by atoms with van der Waals surface area (Å²) in [5.74, 6) is 0.863. The van der Waals surface area contributed by atoms with Crippen molar-refractivity contribution in [3.05, 3.63) is 23.9 Å². The summed E-state index contributed by atoms with van der Waals surface area (Å²) in [6, 6.07) is 6.04. The lowest BCUT2D eigenvalue weighted by Crippen LogP contribution is -2.40. The topological polar surface area (TPSA) is 60.2 Å². The van der Waals surface area contributed by atoms with Crippen molar-refractivity contribution < 1.29 is 5.11 Å². The highest BCUT2D eigenvalue weighted by atomic mass is 16.3. The zero-order valence-electron chi connectivity index (χ0n) is 9.84. The van der Waals surface area contributed by atoms with Crippen LogP contribution in [0.3, 0.4) is 0 Å². The van der Waals surface area contributed by atoms with E-state index >= 15 is 0 Å². The fourth-order valence-corrected chi connectivity index (χ4v) is 2.40. The number of aliphatic hydroxyl groups is 1. The van der Waals surface area contributed by atoms with E-state index in [9.17, 15) is 0 Å². The van der Waals surface area contributed by atoms with Crippen LogP contribution in [0, 0.1) is 11.3 Å². The number of pyridine rings is 1. The second kappa shape index (κ2) is 5.65. The summed E-state index contributed by atoms with van der Waals surface area (Å²) in [6.45, 7) is 1.17. The second-order valence-electron chi connectivity index (χ2n) is 4.37. The van der Waals surface area contributed by atoms with Crippen LogP contribution >= 0.6 is 0 Å². The van der Waals surface area contributed by atoms with Gasteiger partial charge in [0.05, 0.1) is 11.6 Å². The SMILES string of the molecule is N#Cc1ccnc(N2CCCCC2CCO)c1. The van der Waals surface area contributed by atoms with Crippen LogP contribution in [-0.2, 0) is 0 Å². The van der Waals surface area contributed by atoms with Gasteiger partial charge in [-0.1, -0.05) is 0 Å². The molecule has 0 saturated carbocycles. The third-order valence-electron chi connectivity index (χ3n) is 3.26. The zero-order valence-corrected chi connectivity index (χ0v) is 9.84. The van der Waals surface area contributed by atoms with Gasteiger partial charge in [-0.2, -0.15) is 5.26 Å². The lowest BCUT2D eigenvalue weighted by molar-refractivity contribution is 0.262. The maximum Gasteiger partial charge on any atom is 0.130 e. The molecule has 90 valence electrons. The van der Waals surface area contributed by atoms with Crippen molar-refractivity contribution >= 4 is 5.82 Å². The Balaban J connectivity index is 2.20. The fourth-order valence-electron chi connectivity index (χ4n) is 2.40. The average Bonchev–Trinajstić information content (AvgIpc) is 2.40. The summed E-state index contributed by atoms with van der Waals surface area (Å²) in [5.41, 5.74) is 0.642. The molecule has 2 rings (SSSR count). The molecule has 2 heterocycles. The molecule has 0 bridgehead atoms. The number of nitrogens with zero attached hydrogens (tertiary/aromatic N) is 3. The summed E-state index contributed by atoms with van der Waals surface area (Å²) in [5, 5.41) is 18.0.